The summed E-state index contributed by atoms with van der Waals surface area (Å²) in [6.45, 7) is 6.12. The van der Waals surface area contributed by atoms with E-state index in [9.17, 15) is 14.7 Å². The number of aryl methyl sites for hydroxylation is 1. The van der Waals surface area contributed by atoms with E-state index in [1.807, 2.05) is 61.0 Å². The van der Waals surface area contributed by atoms with Crippen molar-refractivity contribution in [2.24, 2.45) is 5.92 Å². The zero-order valence-corrected chi connectivity index (χ0v) is 20.3. The van der Waals surface area contributed by atoms with Crippen molar-refractivity contribution < 1.29 is 14.7 Å². The van der Waals surface area contributed by atoms with Gasteiger partial charge in [-0.05, 0) is 49.4 Å². The minimum Gasteiger partial charge on any atom is -0.480 e. The minimum absolute atomic E-state index is 0.140. The molecule has 4 N–H and O–H groups in total. The van der Waals surface area contributed by atoms with Crippen molar-refractivity contribution in [3.05, 3.63) is 77.4 Å². The second kappa shape index (κ2) is 10.6. The van der Waals surface area contributed by atoms with E-state index in [0.29, 0.717) is 38.2 Å². The second-order valence-corrected chi connectivity index (χ2v) is 9.33. The highest BCUT2D eigenvalue weighted by Gasteiger charge is 2.29. The van der Waals surface area contributed by atoms with E-state index >= 15 is 0 Å². The van der Waals surface area contributed by atoms with E-state index in [-0.39, 0.29) is 18.2 Å². The molecule has 0 bridgehead atoms. The van der Waals surface area contributed by atoms with Gasteiger partial charge in [-0.25, -0.2) is 9.78 Å². The first-order valence-electron chi connectivity index (χ1n) is 12.0. The first-order chi connectivity index (χ1) is 16.8. The van der Waals surface area contributed by atoms with Gasteiger partial charge in [-0.15, -0.1) is 0 Å². The Morgan fingerprint density at radius 1 is 1.14 bits per heavy atom. The molecule has 35 heavy (non-hydrogen) atoms. The lowest BCUT2D eigenvalue weighted by atomic mass is 9.94. The maximum atomic E-state index is 12.9. The number of piperidine rings is 1. The Bertz CT molecular complexity index is 1180. The molecular weight excluding hydrogens is 442 g/mol. The number of aromatic nitrogens is 2. The standard InChI is InChI=1S/C27H33N5O3/c1-18-8-9-24(25(28)19(18)2)32-12-10-21(11-13-32)26(33)30-23(27(34)35)14-22-16-31(17-29-22)15-20-6-4-3-5-7-20/h3-9,16-17,21,23H,10-15,28H2,1-2H3,(H,30,33)(H,34,35). The van der Waals surface area contributed by atoms with Crippen molar-refractivity contribution in [3.8, 4) is 0 Å². The summed E-state index contributed by atoms with van der Waals surface area (Å²) in [4.78, 5) is 31.4. The third-order valence-corrected chi connectivity index (χ3v) is 6.89. The predicted molar refractivity (Wildman–Crippen MR) is 136 cm³/mol. The van der Waals surface area contributed by atoms with Gasteiger partial charge in [0.2, 0.25) is 5.91 Å². The zero-order chi connectivity index (χ0) is 24.9. The fraction of sp³-hybridized carbons (Fsp3) is 0.370. The van der Waals surface area contributed by atoms with Crippen LogP contribution in [0.15, 0.2) is 55.0 Å². The Kier molecular flexibility index (Phi) is 7.39. The summed E-state index contributed by atoms with van der Waals surface area (Å²) >= 11 is 0. The summed E-state index contributed by atoms with van der Waals surface area (Å²) < 4.78 is 1.92. The molecule has 8 nitrogen and oxygen atoms in total. The van der Waals surface area contributed by atoms with Gasteiger partial charge in [-0.3, -0.25) is 4.79 Å². The average molecular weight is 476 g/mol. The zero-order valence-electron chi connectivity index (χ0n) is 20.3. The molecule has 0 spiro atoms. The number of anilines is 2. The number of imidazole rings is 1. The molecule has 0 radical (unpaired) electrons. The summed E-state index contributed by atoms with van der Waals surface area (Å²) in [7, 11) is 0. The van der Waals surface area contributed by atoms with Gasteiger partial charge in [0, 0.05) is 38.2 Å². The quantitative estimate of drug-likeness (QED) is 0.431. The Hall–Kier alpha value is -3.81. The number of carboxylic acids is 1. The molecule has 0 aliphatic carbocycles. The van der Waals surface area contributed by atoms with Crippen LogP contribution in [0.2, 0.25) is 0 Å². The fourth-order valence-electron chi connectivity index (χ4n) is 4.57. The smallest absolute Gasteiger partial charge is 0.326 e. The van der Waals surface area contributed by atoms with Gasteiger partial charge in [0.05, 0.1) is 23.4 Å². The Morgan fingerprint density at radius 3 is 2.54 bits per heavy atom. The Balaban J connectivity index is 1.33. The van der Waals surface area contributed by atoms with Crippen molar-refractivity contribution in [1.82, 2.24) is 14.9 Å². The number of carbonyl (C=O) groups excluding carboxylic acids is 1. The average Bonchev–Trinajstić information content (AvgIpc) is 3.29. The second-order valence-electron chi connectivity index (χ2n) is 9.33. The Labute approximate surface area is 205 Å². The molecule has 8 heteroatoms. The number of rotatable bonds is 8. The molecule has 3 aromatic rings. The van der Waals surface area contributed by atoms with Crippen LogP contribution < -0.4 is 16.0 Å². The number of amides is 1. The van der Waals surface area contributed by atoms with Crippen molar-refractivity contribution >= 4 is 23.3 Å². The molecule has 1 aliphatic heterocycles. The molecule has 1 aliphatic rings. The third-order valence-electron chi connectivity index (χ3n) is 6.89. The highest BCUT2D eigenvalue weighted by molar-refractivity contribution is 5.85. The molecular formula is C27H33N5O3. The number of hydrogen-bond donors (Lipinski definition) is 3. The van der Waals surface area contributed by atoms with E-state index in [1.165, 1.54) is 0 Å². The van der Waals surface area contributed by atoms with Crippen molar-refractivity contribution in [1.29, 1.82) is 0 Å². The normalized spacial score (nSPS) is 15.1. The van der Waals surface area contributed by atoms with Crippen LogP contribution >= 0.6 is 0 Å². The number of aliphatic carboxylic acids is 1. The van der Waals surface area contributed by atoms with Gasteiger partial charge in [-0.2, -0.15) is 0 Å². The van der Waals surface area contributed by atoms with E-state index in [1.54, 1.807) is 6.33 Å². The third kappa shape index (κ3) is 5.82. The van der Waals surface area contributed by atoms with Gasteiger partial charge in [0.1, 0.15) is 6.04 Å². The first-order valence-corrected chi connectivity index (χ1v) is 12.0. The number of carbonyl (C=O) groups is 2. The highest BCUT2D eigenvalue weighted by atomic mass is 16.4. The summed E-state index contributed by atoms with van der Waals surface area (Å²) in [5.74, 6) is -1.50. The first kappa shape index (κ1) is 24.3. The van der Waals surface area contributed by atoms with Crippen molar-refractivity contribution in [2.45, 2.75) is 45.7 Å². The number of hydrogen-bond acceptors (Lipinski definition) is 5. The van der Waals surface area contributed by atoms with Crippen LogP contribution in [0.3, 0.4) is 0 Å². The topological polar surface area (TPSA) is 113 Å². The summed E-state index contributed by atoms with van der Waals surface area (Å²) in [5, 5.41) is 12.5. The molecule has 0 saturated carbocycles. The van der Waals surface area contributed by atoms with Crippen LogP contribution in [0, 0.1) is 19.8 Å². The van der Waals surface area contributed by atoms with Crippen molar-refractivity contribution in [2.75, 3.05) is 23.7 Å². The van der Waals surface area contributed by atoms with Gasteiger partial charge >= 0.3 is 5.97 Å². The monoisotopic (exact) mass is 475 g/mol. The van der Waals surface area contributed by atoms with Gasteiger partial charge in [0.25, 0.3) is 0 Å². The molecule has 2 heterocycles. The molecule has 4 rings (SSSR count). The van der Waals surface area contributed by atoms with Gasteiger partial charge < -0.3 is 25.6 Å². The summed E-state index contributed by atoms with van der Waals surface area (Å²) in [6.07, 6.45) is 4.96. The minimum atomic E-state index is -1.06. The molecule has 2 aromatic carbocycles. The van der Waals surface area contributed by atoms with E-state index in [0.717, 1.165) is 28.1 Å². The number of nitrogens with one attached hydrogen (secondary N) is 1. The van der Waals surface area contributed by atoms with Crippen molar-refractivity contribution in [3.63, 3.8) is 0 Å². The number of carboxylic acid groups (broad SMARTS) is 1. The van der Waals surface area contributed by atoms with E-state index < -0.39 is 12.0 Å². The van der Waals surface area contributed by atoms with E-state index in [4.69, 9.17) is 5.73 Å². The maximum Gasteiger partial charge on any atom is 0.326 e. The molecule has 1 atom stereocenters. The number of nitrogens with zero attached hydrogens (tertiary/aromatic N) is 3. The van der Waals surface area contributed by atoms with Gasteiger partial charge in [-0.1, -0.05) is 36.4 Å². The lowest BCUT2D eigenvalue weighted by Crippen LogP contribution is -2.47. The lowest BCUT2D eigenvalue weighted by molar-refractivity contribution is -0.142. The highest BCUT2D eigenvalue weighted by Crippen LogP contribution is 2.31. The fourth-order valence-corrected chi connectivity index (χ4v) is 4.57. The van der Waals surface area contributed by atoms with Crippen LogP contribution in [0.1, 0.15) is 35.2 Å². The van der Waals surface area contributed by atoms with Gasteiger partial charge in [0.15, 0.2) is 0 Å². The SMILES string of the molecule is Cc1ccc(N2CCC(C(=O)NC(Cc3cn(Cc4ccccc4)cn3)C(=O)O)CC2)c(N)c1C. The van der Waals surface area contributed by atoms with Crippen LogP contribution in [-0.2, 0) is 22.6 Å². The molecule has 1 amide bonds. The lowest BCUT2D eigenvalue weighted by Gasteiger charge is -2.34. The number of nitrogens with two attached hydrogens (primary N) is 1. The number of nitrogen functional groups attached to an aromatic ring is 1. The molecule has 1 fully saturated rings. The summed E-state index contributed by atoms with van der Waals surface area (Å²) in [5.41, 5.74) is 12.1. The van der Waals surface area contributed by atoms with Crippen LogP contribution in [-0.4, -0.2) is 45.7 Å². The largest absolute Gasteiger partial charge is 0.480 e. The van der Waals surface area contributed by atoms with Crippen LogP contribution in [0.5, 0.6) is 0 Å². The van der Waals surface area contributed by atoms with Crippen LogP contribution in [0.25, 0.3) is 0 Å². The molecule has 1 saturated heterocycles. The maximum absolute atomic E-state index is 12.9. The predicted octanol–water partition coefficient (Wildman–Crippen LogP) is 3.16. The molecule has 1 aromatic heterocycles. The summed E-state index contributed by atoms with van der Waals surface area (Å²) in [6, 6.07) is 13.1. The van der Waals surface area contributed by atoms with E-state index in [2.05, 4.69) is 21.3 Å². The Morgan fingerprint density at radius 2 is 1.86 bits per heavy atom. The molecule has 184 valence electrons. The molecule has 1 unspecified atom stereocenters. The van der Waals surface area contributed by atoms with Crippen LogP contribution in [0.4, 0.5) is 11.4 Å². The number of benzene rings is 2.